The molecule has 0 aliphatic carbocycles. The lowest BCUT2D eigenvalue weighted by atomic mass is 10.1. The number of carbonyl (C=O) groups is 2. The number of primary amides is 1. The van der Waals surface area contributed by atoms with Crippen molar-refractivity contribution in [3.63, 3.8) is 0 Å². The molecular weight excluding hydrogens is 339 g/mol. The molecule has 26 heavy (non-hydrogen) atoms. The Morgan fingerprint density at radius 2 is 1.81 bits per heavy atom. The van der Waals surface area contributed by atoms with Gasteiger partial charge in [0.05, 0.1) is 13.2 Å². The van der Waals surface area contributed by atoms with E-state index in [0.717, 1.165) is 5.56 Å². The number of benzene rings is 2. The molecule has 0 saturated carbocycles. The van der Waals surface area contributed by atoms with E-state index in [2.05, 4.69) is 0 Å². The molecule has 7 heteroatoms. The predicted octanol–water partition coefficient (Wildman–Crippen LogP) is 2.53. The quantitative estimate of drug-likeness (QED) is 0.823. The van der Waals surface area contributed by atoms with Gasteiger partial charge in [-0.3, -0.25) is 9.59 Å². The van der Waals surface area contributed by atoms with Gasteiger partial charge in [0.25, 0.3) is 11.8 Å². The monoisotopic (exact) mass is 360 g/mol. The number of carbonyl (C=O) groups excluding carboxylic acids is 2. The summed E-state index contributed by atoms with van der Waals surface area (Å²) in [5.74, 6) is -0.537. The van der Waals surface area contributed by atoms with E-state index in [9.17, 15) is 14.0 Å². The molecule has 1 atom stereocenters. The SMILES string of the molecule is COc1cc(C(=O)N(C)[C@H](C)c2ccc(F)cc2)ccc1OCC(N)=O. The van der Waals surface area contributed by atoms with E-state index in [1.165, 1.54) is 25.3 Å². The van der Waals surface area contributed by atoms with Crippen molar-refractivity contribution in [2.75, 3.05) is 20.8 Å². The minimum atomic E-state index is -0.611. The van der Waals surface area contributed by atoms with Crippen LogP contribution in [-0.2, 0) is 4.79 Å². The van der Waals surface area contributed by atoms with Crippen LogP contribution >= 0.6 is 0 Å². The summed E-state index contributed by atoms with van der Waals surface area (Å²) in [7, 11) is 3.10. The molecule has 0 aromatic heterocycles. The Labute approximate surface area is 151 Å². The first-order valence-corrected chi connectivity index (χ1v) is 7.95. The highest BCUT2D eigenvalue weighted by Gasteiger charge is 2.20. The molecule has 2 amide bonds. The van der Waals surface area contributed by atoms with Crippen molar-refractivity contribution in [1.82, 2.24) is 4.90 Å². The molecule has 0 aliphatic rings. The van der Waals surface area contributed by atoms with Crippen LogP contribution in [-0.4, -0.2) is 37.5 Å². The first kappa shape index (κ1) is 19.2. The number of nitrogens with zero attached hydrogens (tertiary/aromatic N) is 1. The third-order valence-corrected chi connectivity index (χ3v) is 4.03. The van der Waals surface area contributed by atoms with Crippen LogP contribution in [0, 0.1) is 5.82 Å². The molecule has 0 spiro atoms. The van der Waals surface area contributed by atoms with Crippen molar-refractivity contribution >= 4 is 11.8 Å². The fraction of sp³-hybridized carbons (Fsp3) is 0.263. The zero-order valence-corrected chi connectivity index (χ0v) is 14.9. The van der Waals surface area contributed by atoms with Gasteiger partial charge in [-0.2, -0.15) is 0 Å². The minimum absolute atomic E-state index is 0.235. The van der Waals surface area contributed by atoms with Gasteiger partial charge in [-0.25, -0.2) is 4.39 Å². The van der Waals surface area contributed by atoms with Crippen molar-refractivity contribution < 1.29 is 23.5 Å². The van der Waals surface area contributed by atoms with Crippen LogP contribution in [0.15, 0.2) is 42.5 Å². The Hall–Kier alpha value is -3.09. The first-order valence-electron chi connectivity index (χ1n) is 7.95. The van der Waals surface area contributed by atoms with Gasteiger partial charge in [0.1, 0.15) is 5.82 Å². The van der Waals surface area contributed by atoms with Gasteiger partial charge < -0.3 is 20.1 Å². The van der Waals surface area contributed by atoms with E-state index in [1.807, 2.05) is 6.92 Å². The predicted molar refractivity (Wildman–Crippen MR) is 94.6 cm³/mol. The average Bonchev–Trinajstić information content (AvgIpc) is 2.65. The van der Waals surface area contributed by atoms with Crippen LogP contribution in [0.5, 0.6) is 11.5 Å². The van der Waals surface area contributed by atoms with E-state index in [0.29, 0.717) is 17.1 Å². The van der Waals surface area contributed by atoms with Crippen LogP contribution in [0.25, 0.3) is 0 Å². The molecule has 0 fully saturated rings. The standard InChI is InChI=1S/C19H21FN2O4/c1-12(13-4-7-15(20)8-5-13)22(2)19(24)14-6-9-16(17(10-14)25-3)26-11-18(21)23/h4-10,12H,11H2,1-3H3,(H2,21,23)/t12-/m1/s1. The van der Waals surface area contributed by atoms with Gasteiger partial charge in [-0.15, -0.1) is 0 Å². The van der Waals surface area contributed by atoms with Crippen molar-refractivity contribution in [3.05, 3.63) is 59.4 Å². The molecule has 0 heterocycles. The van der Waals surface area contributed by atoms with Crippen molar-refractivity contribution in [2.24, 2.45) is 5.73 Å². The van der Waals surface area contributed by atoms with Crippen molar-refractivity contribution in [2.45, 2.75) is 13.0 Å². The number of hydrogen-bond acceptors (Lipinski definition) is 4. The fourth-order valence-corrected chi connectivity index (χ4v) is 2.41. The number of ether oxygens (including phenoxy) is 2. The lowest BCUT2D eigenvalue weighted by molar-refractivity contribution is -0.119. The van der Waals surface area contributed by atoms with Crippen LogP contribution in [0.1, 0.15) is 28.9 Å². The Bertz CT molecular complexity index is 793. The molecule has 0 radical (unpaired) electrons. The smallest absolute Gasteiger partial charge is 0.255 e. The van der Waals surface area contributed by atoms with E-state index >= 15 is 0 Å². The molecule has 0 aliphatic heterocycles. The zero-order chi connectivity index (χ0) is 19.3. The molecule has 6 nitrogen and oxygen atoms in total. The van der Waals surface area contributed by atoms with Crippen LogP contribution in [0.4, 0.5) is 4.39 Å². The first-order chi connectivity index (χ1) is 12.3. The molecule has 0 bridgehead atoms. The number of nitrogens with two attached hydrogens (primary N) is 1. The Morgan fingerprint density at radius 3 is 2.38 bits per heavy atom. The molecular formula is C19H21FN2O4. The summed E-state index contributed by atoms with van der Waals surface area (Å²) >= 11 is 0. The average molecular weight is 360 g/mol. The number of methoxy groups -OCH3 is 1. The molecule has 2 aromatic carbocycles. The second kappa shape index (κ2) is 8.33. The Balaban J connectivity index is 2.19. The molecule has 2 aromatic rings. The minimum Gasteiger partial charge on any atom is -0.493 e. The third kappa shape index (κ3) is 4.50. The summed E-state index contributed by atoms with van der Waals surface area (Å²) in [6.45, 7) is 1.57. The topological polar surface area (TPSA) is 81.9 Å². The normalized spacial score (nSPS) is 11.5. The highest BCUT2D eigenvalue weighted by molar-refractivity contribution is 5.95. The molecule has 0 unspecified atom stereocenters. The Morgan fingerprint density at radius 1 is 1.15 bits per heavy atom. The maximum atomic E-state index is 13.1. The lowest BCUT2D eigenvalue weighted by Gasteiger charge is -2.25. The van der Waals surface area contributed by atoms with E-state index in [4.69, 9.17) is 15.2 Å². The van der Waals surface area contributed by atoms with Gasteiger partial charge in [0, 0.05) is 12.6 Å². The van der Waals surface area contributed by atoms with Gasteiger partial charge >= 0.3 is 0 Å². The maximum absolute atomic E-state index is 13.1. The summed E-state index contributed by atoms with van der Waals surface area (Å²) in [5.41, 5.74) is 6.27. The van der Waals surface area contributed by atoms with Crippen molar-refractivity contribution in [1.29, 1.82) is 0 Å². The van der Waals surface area contributed by atoms with Crippen LogP contribution < -0.4 is 15.2 Å². The van der Waals surface area contributed by atoms with E-state index < -0.39 is 5.91 Å². The van der Waals surface area contributed by atoms with Crippen LogP contribution in [0.3, 0.4) is 0 Å². The zero-order valence-electron chi connectivity index (χ0n) is 14.9. The number of amides is 2. The number of rotatable bonds is 7. The van der Waals surface area contributed by atoms with Crippen molar-refractivity contribution in [3.8, 4) is 11.5 Å². The lowest BCUT2D eigenvalue weighted by Crippen LogP contribution is -2.29. The number of halogens is 1. The summed E-state index contributed by atoms with van der Waals surface area (Å²) in [4.78, 5) is 25.1. The maximum Gasteiger partial charge on any atom is 0.255 e. The summed E-state index contributed by atoms with van der Waals surface area (Å²) in [6.07, 6.45) is 0. The Kier molecular flexibility index (Phi) is 6.16. The fourth-order valence-electron chi connectivity index (χ4n) is 2.41. The third-order valence-electron chi connectivity index (χ3n) is 4.03. The van der Waals surface area contributed by atoms with Gasteiger partial charge in [-0.05, 0) is 42.8 Å². The van der Waals surface area contributed by atoms with E-state index in [-0.39, 0.29) is 24.4 Å². The largest absolute Gasteiger partial charge is 0.493 e. The highest BCUT2D eigenvalue weighted by atomic mass is 19.1. The van der Waals surface area contributed by atoms with Gasteiger partial charge in [-0.1, -0.05) is 12.1 Å². The molecule has 138 valence electrons. The summed E-state index contributed by atoms with van der Waals surface area (Å²) < 4.78 is 23.5. The number of hydrogen-bond donors (Lipinski definition) is 1. The van der Waals surface area contributed by atoms with Gasteiger partial charge in [0.2, 0.25) is 0 Å². The molecule has 0 saturated heterocycles. The molecule has 2 rings (SSSR count). The summed E-state index contributed by atoms with van der Waals surface area (Å²) in [5, 5.41) is 0. The highest BCUT2D eigenvalue weighted by Crippen LogP contribution is 2.29. The van der Waals surface area contributed by atoms with Gasteiger partial charge in [0.15, 0.2) is 18.1 Å². The van der Waals surface area contributed by atoms with E-state index in [1.54, 1.807) is 36.2 Å². The molecule has 2 N–H and O–H groups in total. The second-order valence-corrected chi connectivity index (χ2v) is 5.76. The second-order valence-electron chi connectivity index (χ2n) is 5.76. The van der Waals surface area contributed by atoms with Crippen LogP contribution in [0.2, 0.25) is 0 Å². The summed E-state index contributed by atoms with van der Waals surface area (Å²) in [6, 6.07) is 10.4.